The van der Waals surface area contributed by atoms with Gasteiger partial charge in [-0.2, -0.15) is 0 Å². The molecule has 1 unspecified atom stereocenters. The third-order valence-electron chi connectivity index (χ3n) is 3.23. The summed E-state index contributed by atoms with van der Waals surface area (Å²) >= 11 is 12.0. The van der Waals surface area contributed by atoms with E-state index in [1.54, 1.807) is 32.2 Å². The van der Waals surface area contributed by atoms with Crippen LogP contribution in [0.15, 0.2) is 18.2 Å². The first-order valence-electron chi connectivity index (χ1n) is 6.85. The van der Waals surface area contributed by atoms with Gasteiger partial charge in [-0.25, -0.2) is 0 Å². The van der Waals surface area contributed by atoms with E-state index in [0.717, 1.165) is 12.0 Å². The fraction of sp³-hybridized carbons (Fsp3) is 0.467. The molecule has 0 aliphatic carbocycles. The average molecular weight is 331 g/mol. The summed E-state index contributed by atoms with van der Waals surface area (Å²) in [6, 6.07) is 4.56. The number of carbonyl (C=O) groups excluding carboxylic acids is 2. The van der Waals surface area contributed by atoms with Crippen LogP contribution in [0.25, 0.3) is 0 Å². The topological polar surface area (TPSA) is 49.4 Å². The zero-order chi connectivity index (χ0) is 16.0. The third-order valence-corrected chi connectivity index (χ3v) is 3.82. The van der Waals surface area contributed by atoms with E-state index in [9.17, 15) is 9.59 Å². The number of nitrogens with one attached hydrogen (secondary N) is 1. The quantitative estimate of drug-likeness (QED) is 0.870. The lowest BCUT2D eigenvalue weighted by molar-refractivity contribution is -0.140. The second-order valence-corrected chi connectivity index (χ2v) is 5.64. The smallest absolute Gasteiger partial charge is 0.242 e. The molecule has 0 heterocycles. The molecule has 1 aromatic rings. The summed E-state index contributed by atoms with van der Waals surface area (Å²) in [7, 11) is 1.55. The van der Waals surface area contributed by atoms with E-state index >= 15 is 0 Å². The minimum atomic E-state index is -0.555. The monoisotopic (exact) mass is 330 g/mol. The standard InChI is InChI=1S/C15H20Cl2N2O2/c1-4-5-14(20)19(10(2)15(21)18-3)9-11-6-7-12(16)8-13(11)17/h6-8,10H,4-5,9H2,1-3H3,(H,18,21). The first kappa shape index (κ1) is 17.8. The number of rotatable bonds is 6. The average Bonchev–Trinajstić information content (AvgIpc) is 2.45. The van der Waals surface area contributed by atoms with Crippen LogP contribution in [0.3, 0.4) is 0 Å². The summed E-state index contributed by atoms with van der Waals surface area (Å²) in [5.41, 5.74) is 0.765. The van der Waals surface area contributed by atoms with Crippen molar-refractivity contribution in [1.29, 1.82) is 0 Å². The highest BCUT2D eigenvalue weighted by atomic mass is 35.5. The maximum atomic E-state index is 12.3. The number of carbonyl (C=O) groups is 2. The number of amides is 2. The zero-order valence-corrected chi connectivity index (χ0v) is 14.0. The van der Waals surface area contributed by atoms with Crippen molar-refractivity contribution in [2.24, 2.45) is 0 Å². The first-order valence-corrected chi connectivity index (χ1v) is 7.61. The molecule has 1 N–H and O–H groups in total. The Morgan fingerprint density at radius 3 is 2.52 bits per heavy atom. The molecule has 0 aromatic heterocycles. The molecule has 1 aromatic carbocycles. The van der Waals surface area contributed by atoms with Gasteiger partial charge in [0.15, 0.2) is 0 Å². The largest absolute Gasteiger partial charge is 0.357 e. The summed E-state index contributed by atoms with van der Waals surface area (Å²) in [5.74, 6) is -0.274. The Bertz CT molecular complexity index is 520. The molecule has 0 spiro atoms. The number of nitrogens with zero attached hydrogens (tertiary/aromatic N) is 1. The van der Waals surface area contributed by atoms with Crippen molar-refractivity contribution in [3.05, 3.63) is 33.8 Å². The lowest BCUT2D eigenvalue weighted by Crippen LogP contribution is -2.46. The van der Waals surface area contributed by atoms with Gasteiger partial charge >= 0.3 is 0 Å². The Kier molecular flexibility index (Phi) is 6.99. The molecule has 21 heavy (non-hydrogen) atoms. The van der Waals surface area contributed by atoms with Gasteiger partial charge < -0.3 is 10.2 Å². The Labute approximate surface area is 135 Å². The molecule has 6 heteroatoms. The number of likely N-dealkylation sites (N-methyl/N-ethyl adjacent to an activating group) is 1. The molecular weight excluding hydrogens is 311 g/mol. The van der Waals surface area contributed by atoms with Crippen LogP contribution in [0.4, 0.5) is 0 Å². The van der Waals surface area contributed by atoms with Gasteiger partial charge in [-0.05, 0) is 31.0 Å². The van der Waals surface area contributed by atoms with E-state index in [-0.39, 0.29) is 18.4 Å². The van der Waals surface area contributed by atoms with Crippen LogP contribution in [0.5, 0.6) is 0 Å². The van der Waals surface area contributed by atoms with Crippen molar-refractivity contribution in [2.75, 3.05) is 7.05 Å². The number of halogens is 2. The van der Waals surface area contributed by atoms with Gasteiger partial charge in [0.25, 0.3) is 0 Å². The van der Waals surface area contributed by atoms with Crippen molar-refractivity contribution in [3.63, 3.8) is 0 Å². The van der Waals surface area contributed by atoms with Crippen molar-refractivity contribution >= 4 is 35.0 Å². The molecule has 0 radical (unpaired) electrons. The molecule has 4 nitrogen and oxygen atoms in total. The Balaban J connectivity index is 3.01. The first-order chi connectivity index (χ1) is 9.90. The van der Waals surface area contributed by atoms with Crippen molar-refractivity contribution in [3.8, 4) is 0 Å². The van der Waals surface area contributed by atoms with Gasteiger partial charge in [0.05, 0.1) is 0 Å². The fourth-order valence-corrected chi connectivity index (χ4v) is 2.45. The van der Waals surface area contributed by atoms with Gasteiger partial charge in [0.2, 0.25) is 11.8 Å². The molecule has 1 atom stereocenters. The van der Waals surface area contributed by atoms with Gasteiger partial charge in [0.1, 0.15) is 6.04 Å². The van der Waals surface area contributed by atoms with Crippen molar-refractivity contribution < 1.29 is 9.59 Å². The second kappa shape index (κ2) is 8.25. The summed E-state index contributed by atoms with van der Waals surface area (Å²) in [6.07, 6.45) is 1.12. The van der Waals surface area contributed by atoms with Gasteiger partial charge in [0, 0.05) is 30.1 Å². The van der Waals surface area contributed by atoms with Crippen LogP contribution in [0, 0.1) is 0 Å². The molecular formula is C15H20Cl2N2O2. The minimum Gasteiger partial charge on any atom is -0.357 e. The van der Waals surface area contributed by atoms with E-state index < -0.39 is 6.04 Å². The molecule has 2 amide bonds. The lowest BCUT2D eigenvalue weighted by atomic mass is 10.1. The molecule has 0 bridgehead atoms. The number of hydrogen-bond donors (Lipinski definition) is 1. The lowest BCUT2D eigenvalue weighted by Gasteiger charge is -2.28. The Hall–Kier alpha value is -1.26. The molecule has 0 aliphatic heterocycles. The van der Waals surface area contributed by atoms with E-state index in [2.05, 4.69) is 5.32 Å². The van der Waals surface area contributed by atoms with E-state index in [4.69, 9.17) is 23.2 Å². The SMILES string of the molecule is CCCC(=O)N(Cc1ccc(Cl)cc1Cl)C(C)C(=O)NC. The molecule has 0 saturated carbocycles. The van der Waals surface area contributed by atoms with Gasteiger partial charge in [-0.3, -0.25) is 9.59 Å². The van der Waals surface area contributed by atoms with Crippen molar-refractivity contribution in [1.82, 2.24) is 10.2 Å². The van der Waals surface area contributed by atoms with Crippen molar-refractivity contribution in [2.45, 2.75) is 39.3 Å². The highest BCUT2D eigenvalue weighted by Gasteiger charge is 2.25. The third kappa shape index (κ3) is 4.90. The van der Waals surface area contributed by atoms with Crippen LogP contribution >= 0.6 is 23.2 Å². The van der Waals surface area contributed by atoms with Gasteiger partial charge in [-0.15, -0.1) is 0 Å². The number of hydrogen-bond acceptors (Lipinski definition) is 2. The highest BCUT2D eigenvalue weighted by Crippen LogP contribution is 2.23. The second-order valence-electron chi connectivity index (χ2n) is 4.80. The molecule has 0 fully saturated rings. The van der Waals surface area contributed by atoms with E-state index in [0.29, 0.717) is 16.5 Å². The maximum Gasteiger partial charge on any atom is 0.242 e. The molecule has 116 valence electrons. The minimum absolute atomic E-state index is 0.0698. The van der Waals surface area contributed by atoms with Crippen LogP contribution in [-0.4, -0.2) is 29.8 Å². The predicted molar refractivity (Wildman–Crippen MR) is 85.4 cm³/mol. The van der Waals surface area contributed by atoms with Crippen LogP contribution in [-0.2, 0) is 16.1 Å². The van der Waals surface area contributed by atoms with E-state index in [1.165, 1.54) is 4.90 Å². The number of benzene rings is 1. The molecule has 0 saturated heterocycles. The predicted octanol–water partition coefficient (Wildman–Crippen LogP) is 3.26. The Morgan fingerprint density at radius 1 is 1.33 bits per heavy atom. The van der Waals surface area contributed by atoms with Crippen LogP contribution < -0.4 is 5.32 Å². The fourth-order valence-electron chi connectivity index (χ4n) is 1.98. The van der Waals surface area contributed by atoms with Crippen LogP contribution in [0.1, 0.15) is 32.3 Å². The normalized spacial score (nSPS) is 11.9. The van der Waals surface area contributed by atoms with Crippen LogP contribution in [0.2, 0.25) is 10.0 Å². The maximum absolute atomic E-state index is 12.3. The zero-order valence-electron chi connectivity index (χ0n) is 12.5. The summed E-state index contributed by atoms with van der Waals surface area (Å²) in [5, 5.41) is 3.59. The summed E-state index contributed by atoms with van der Waals surface area (Å²) in [6.45, 7) is 3.91. The molecule has 1 rings (SSSR count). The van der Waals surface area contributed by atoms with Gasteiger partial charge in [-0.1, -0.05) is 36.2 Å². The molecule has 0 aliphatic rings. The Morgan fingerprint density at radius 2 is 2.00 bits per heavy atom. The summed E-state index contributed by atoms with van der Waals surface area (Å²) < 4.78 is 0. The van der Waals surface area contributed by atoms with E-state index in [1.807, 2.05) is 6.92 Å². The highest BCUT2D eigenvalue weighted by molar-refractivity contribution is 6.35. The summed E-state index contributed by atoms with van der Waals surface area (Å²) in [4.78, 5) is 25.6.